The number of hydrogen-bond acceptors (Lipinski definition) is 3. The van der Waals surface area contributed by atoms with Crippen molar-refractivity contribution < 1.29 is 12.8 Å². The molecule has 0 saturated heterocycles. The maximum atomic E-state index is 13.8. The first-order chi connectivity index (χ1) is 10.5. The second-order valence-corrected chi connectivity index (χ2v) is 8.09. The van der Waals surface area contributed by atoms with E-state index in [0.717, 1.165) is 0 Å². The van der Waals surface area contributed by atoms with Gasteiger partial charge < -0.3 is 0 Å². The molecule has 0 bridgehead atoms. The molecule has 0 fully saturated rings. The molecule has 1 aliphatic heterocycles. The molecule has 7 heteroatoms. The van der Waals surface area contributed by atoms with E-state index in [1.807, 2.05) is 0 Å². The lowest BCUT2D eigenvalue weighted by Gasteiger charge is -2.26. The maximum absolute atomic E-state index is 13.8. The molecular weight excluding hydrogens is 345 g/mol. The molecule has 0 saturated carbocycles. The van der Waals surface area contributed by atoms with Crippen LogP contribution in [0.3, 0.4) is 0 Å². The van der Waals surface area contributed by atoms with E-state index in [4.69, 9.17) is 11.6 Å². The van der Waals surface area contributed by atoms with E-state index in [1.165, 1.54) is 30.0 Å². The molecule has 3 nitrogen and oxygen atoms in total. The molecule has 1 aliphatic rings. The van der Waals surface area contributed by atoms with E-state index in [1.54, 1.807) is 24.3 Å². The Morgan fingerprint density at radius 2 is 1.95 bits per heavy atom. The van der Waals surface area contributed by atoms with Crippen LogP contribution in [-0.4, -0.2) is 14.2 Å². The lowest BCUT2D eigenvalue weighted by Crippen LogP contribution is -2.31. The standard InChI is InChI=1S/C15H13ClFNO2S2/c16-11-5-1-2-7-14(11)22(19,20)18-13-8-9-21-15-10(13)4-3-6-12(15)17/h1-7,13,18H,8-9H2/t13-/m0/s1. The molecule has 0 radical (unpaired) electrons. The van der Waals surface area contributed by atoms with Gasteiger partial charge in [0.25, 0.3) is 0 Å². The lowest BCUT2D eigenvalue weighted by atomic mass is 10.0. The van der Waals surface area contributed by atoms with Crippen LogP contribution < -0.4 is 4.72 Å². The van der Waals surface area contributed by atoms with E-state index in [-0.39, 0.29) is 15.7 Å². The third-order valence-electron chi connectivity index (χ3n) is 3.45. The summed E-state index contributed by atoms with van der Waals surface area (Å²) < 4.78 is 41.5. The monoisotopic (exact) mass is 357 g/mol. The smallest absolute Gasteiger partial charge is 0.207 e. The molecule has 1 atom stereocenters. The third-order valence-corrected chi connectivity index (χ3v) is 6.58. The van der Waals surface area contributed by atoms with Gasteiger partial charge in [0, 0.05) is 10.9 Å². The minimum atomic E-state index is -3.76. The molecule has 1 N–H and O–H groups in total. The van der Waals surface area contributed by atoms with Gasteiger partial charge in [0.15, 0.2) is 0 Å². The molecule has 116 valence electrons. The first-order valence-corrected chi connectivity index (χ1v) is 9.52. The molecule has 22 heavy (non-hydrogen) atoms. The molecule has 3 rings (SSSR count). The predicted octanol–water partition coefficient (Wildman–Crippen LogP) is 3.99. The highest BCUT2D eigenvalue weighted by molar-refractivity contribution is 7.99. The van der Waals surface area contributed by atoms with Crippen LogP contribution in [0.25, 0.3) is 0 Å². The van der Waals surface area contributed by atoms with Gasteiger partial charge in [-0.1, -0.05) is 35.9 Å². The topological polar surface area (TPSA) is 46.2 Å². The summed E-state index contributed by atoms with van der Waals surface area (Å²) in [6.07, 6.45) is 0.602. The average molecular weight is 358 g/mol. The summed E-state index contributed by atoms with van der Waals surface area (Å²) in [5.41, 5.74) is 0.673. The van der Waals surface area contributed by atoms with Crippen LogP contribution in [0, 0.1) is 5.82 Å². The van der Waals surface area contributed by atoms with Gasteiger partial charge in [0.2, 0.25) is 10.0 Å². The second-order valence-electron chi connectivity index (χ2n) is 4.90. The Kier molecular flexibility index (Phi) is 4.45. The van der Waals surface area contributed by atoms with Crippen LogP contribution >= 0.6 is 23.4 Å². The van der Waals surface area contributed by atoms with Crippen molar-refractivity contribution in [3.63, 3.8) is 0 Å². The summed E-state index contributed by atoms with van der Waals surface area (Å²) in [5.74, 6) is 0.341. The highest BCUT2D eigenvalue weighted by atomic mass is 35.5. The van der Waals surface area contributed by atoms with Gasteiger partial charge in [-0.3, -0.25) is 0 Å². The second kappa shape index (κ2) is 6.20. The zero-order chi connectivity index (χ0) is 15.7. The van der Waals surface area contributed by atoms with Crippen LogP contribution in [0.1, 0.15) is 18.0 Å². The Hall–Kier alpha value is -1.08. The summed E-state index contributed by atoms with van der Waals surface area (Å²) in [5, 5.41) is 0.166. The van der Waals surface area contributed by atoms with E-state index >= 15 is 0 Å². The summed E-state index contributed by atoms with van der Waals surface area (Å²) in [7, 11) is -3.76. The summed E-state index contributed by atoms with van der Waals surface area (Å²) in [6, 6.07) is 10.6. The van der Waals surface area contributed by atoms with Gasteiger partial charge in [0.05, 0.1) is 5.02 Å². The van der Waals surface area contributed by atoms with E-state index < -0.39 is 16.1 Å². The number of sulfonamides is 1. The first-order valence-electron chi connectivity index (χ1n) is 6.67. The SMILES string of the molecule is O=S(=O)(N[C@H]1CCSc2c(F)cccc21)c1ccccc1Cl. The Morgan fingerprint density at radius 1 is 1.18 bits per heavy atom. The fraction of sp³-hybridized carbons (Fsp3) is 0.200. The molecular formula is C15H13ClFNO2S2. The minimum absolute atomic E-state index is 0.0350. The average Bonchev–Trinajstić information content (AvgIpc) is 2.48. The molecule has 0 amide bonds. The van der Waals surface area contributed by atoms with Crippen molar-refractivity contribution in [1.82, 2.24) is 4.72 Å². The van der Waals surface area contributed by atoms with Crippen molar-refractivity contribution >= 4 is 33.4 Å². The third kappa shape index (κ3) is 3.01. The van der Waals surface area contributed by atoms with Crippen LogP contribution in [0.15, 0.2) is 52.3 Å². The molecule has 1 heterocycles. The highest BCUT2D eigenvalue weighted by Crippen LogP contribution is 2.38. The molecule has 0 unspecified atom stereocenters. The van der Waals surface area contributed by atoms with E-state index in [9.17, 15) is 12.8 Å². The van der Waals surface area contributed by atoms with Crippen molar-refractivity contribution in [1.29, 1.82) is 0 Å². The maximum Gasteiger partial charge on any atom is 0.242 e. The van der Waals surface area contributed by atoms with Gasteiger partial charge in [-0.05, 0) is 35.9 Å². The lowest BCUT2D eigenvalue weighted by molar-refractivity contribution is 0.533. The Morgan fingerprint density at radius 3 is 2.73 bits per heavy atom. The molecule has 0 aliphatic carbocycles. The van der Waals surface area contributed by atoms with Gasteiger partial charge in [0.1, 0.15) is 10.7 Å². The molecule has 0 spiro atoms. The van der Waals surface area contributed by atoms with Crippen molar-refractivity contribution in [2.75, 3.05) is 5.75 Å². The van der Waals surface area contributed by atoms with E-state index in [2.05, 4.69) is 4.72 Å². The fourth-order valence-corrected chi connectivity index (χ4v) is 5.33. The Labute approximate surface area is 137 Å². The molecule has 0 aromatic heterocycles. The predicted molar refractivity (Wildman–Crippen MR) is 86.3 cm³/mol. The number of halogens is 2. The van der Waals surface area contributed by atoms with Crippen molar-refractivity contribution in [3.05, 3.63) is 58.9 Å². The normalized spacial score (nSPS) is 18.0. The van der Waals surface area contributed by atoms with Crippen LogP contribution in [0.2, 0.25) is 5.02 Å². The van der Waals surface area contributed by atoms with Crippen molar-refractivity contribution in [3.8, 4) is 0 Å². The first kappa shape index (κ1) is 15.8. The number of hydrogen-bond donors (Lipinski definition) is 1. The highest BCUT2D eigenvalue weighted by Gasteiger charge is 2.28. The Balaban J connectivity index is 1.95. The summed E-state index contributed by atoms with van der Waals surface area (Å²) in [4.78, 5) is 0.549. The quantitative estimate of drug-likeness (QED) is 0.903. The molecule has 2 aromatic carbocycles. The largest absolute Gasteiger partial charge is 0.242 e. The van der Waals surface area contributed by atoms with Gasteiger partial charge in [-0.15, -0.1) is 11.8 Å². The van der Waals surface area contributed by atoms with Crippen molar-refractivity contribution in [2.45, 2.75) is 22.3 Å². The van der Waals surface area contributed by atoms with E-state index in [0.29, 0.717) is 22.6 Å². The van der Waals surface area contributed by atoms with Gasteiger partial charge in [-0.25, -0.2) is 17.5 Å². The number of rotatable bonds is 3. The zero-order valence-electron chi connectivity index (χ0n) is 11.4. The summed E-state index contributed by atoms with van der Waals surface area (Å²) in [6.45, 7) is 0. The van der Waals surface area contributed by atoms with Crippen LogP contribution in [-0.2, 0) is 10.0 Å². The minimum Gasteiger partial charge on any atom is -0.207 e. The zero-order valence-corrected chi connectivity index (χ0v) is 13.8. The summed E-state index contributed by atoms with van der Waals surface area (Å²) >= 11 is 7.38. The van der Waals surface area contributed by atoms with Crippen LogP contribution in [0.5, 0.6) is 0 Å². The fourth-order valence-electron chi connectivity index (χ4n) is 2.42. The van der Waals surface area contributed by atoms with Gasteiger partial charge in [-0.2, -0.15) is 0 Å². The van der Waals surface area contributed by atoms with Crippen molar-refractivity contribution in [2.24, 2.45) is 0 Å². The number of thioether (sulfide) groups is 1. The number of nitrogens with one attached hydrogen (secondary N) is 1. The number of fused-ring (bicyclic) bond motifs is 1. The Bertz CT molecular complexity index is 811. The molecule has 2 aromatic rings. The van der Waals surface area contributed by atoms with Gasteiger partial charge >= 0.3 is 0 Å². The van der Waals surface area contributed by atoms with Crippen LogP contribution in [0.4, 0.5) is 4.39 Å². The number of benzene rings is 2.